The molecule has 0 amide bonds. The Kier molecular flexibility index (Phi) is 61.4. The van der Waals surface area contributed by atoms with E-state index in [1.54, 1.807) is 0 Å². The number of carbonyl (C=O) groups is 3. The Labute approximate surface area is 481 Å². The highest BCUT2D eigenvalue weighted by molar-refractivity contribution is 5.71. The van der Waals surface area contributed by atoms with Crippen LogP contribution in [-0.4, -0.2) is 37.2 Å². The summed E-state index contributed by atoms with van der Waals surface area (Å²) >= 11 is 0. The molecule has 78 heavy (non-hydrogen) atoms. The van der Waals surface area contributed by atoms with E-state index in [1.165, 1.54) is 109 Å². The van der Waals surface area contributed by atoms with Gasteiger partial charge in [0.15, 0.2) is 6.10 Å². The standard InChI is InChI=1S/C72H118O6/c1-4-7-10-13-16-19-22-25-28-30-31-32-33-34-35-36-37-38-39-40-41-42-45-47-50-53-56-59-62-65-71(74)77-68-69(67-76-70(73)64-61-58-55-52-49-46-43-27-24-21-18-15-12-9-6-3)78-72(75)66-63-60-57-54-51-48-44-29-26-23-20-17-14-11-8-5-2/h7,9-10,12,16,18-19,21,25,27-29,31-32,34-35,37-38,43-44,49,52,69H,4-6,8,11,13-15,17,20,22-24,26,30,33,36,39-42,45-48,50-51,53-68H2,1-3H3/b10-7-,12-9-,19-16-,21-18-,28-25-,32-31-,35-34-,38-37-,43-27-,44-29-,52-49-. The average Bonchev–Trinajstić information content (AvgIpc) is 3.44. The monoisotopic (exact) mass is 1080 g/mol. The lowest BCUT2D eigenvalue weighted by Crippen LogP contribution is -2.30. The molecule has 0 aliphatic heterocycles. The van der Waals surface area contributed by atoms with Gasteiger partial charge in [-0.25, -0.2) is 0 Å². The molecule has 0 rings (SSSR count). The van der Waals surface area contributed by atoms with E-state index < -0.39 is 6.10 Å². The second kappa shape index (κ2) is 65.1. The van der Waals surface area contributed by atoms with E-state index in [9.17, 15) is 14.4 Å². The minimum Gasteiger partial charge on any atom is -0.462 e. The zero-order valence-electron chi connectivity index (χ0n) is 50.6. The van der Waals surface area contributed by atoms with E-state index in [0.717, 1.165) is 135 Å². The highest BCUT2D eigenvalue weighted by atomic mass is 16.6. The van der Waals surface area contributed by atoms with Crippen LogP contribution in [-0.2, 0) is 28.6 Å². The average molecular weight is 1080 g/mol. The minimum absolute atomic E-state index is 0.0997. The Morgan fingerprint density at radius 3 is 0.821 bits per heavy atom. The van der Waals surface area contributed by atoms with Crippen molar-refractivity contribution < 1.29 is 28.6 Å². The van der Waals surface area contributed by atoms with Crippen LogP contribution in [0, 0.1) is 0 Å². The van der Waals surface area contributed by atoms with Gasteiger partial charge in [-0.3, -0.25) is 14.4 Å². The maximum absolute atomic E-state index is 12.9. The smallest absolute Gasteiger partial charge is 0.306 e. The number of carbonyl (C=O) groups excluding carboxylic acids is 3. The molecule has 1 atom stereocenters. The molecule has 0 spiro atoms. The van der Waals surface area contributed by atoms with Gasteiger partial charge in [0.1, 0.15) is 13.2 Å². The molecule has 6 heteroatoms. The zero-order valence-corrected chi connectivity index (χ0v) is 50.6. The Balaban J connectivity index is 4.36. The summed E-state index contributed by atoms with van der Waals surface area (Å²) in [6, 6.07) is 0. The van der Waals surface area contributed by atoms with Gasteiger partial charge in [-0.2, -0.15) is 0 Å². The number of hydrogen-bond donors (Lipinski definition) is 0. The fraction of sp³-hybridized carbons (Fsp3) is 0.653. The molecule has 0 bridgehead atoms. The number of esters is 3. The first-order chi connectivity index (χ1) is 38.5. The number of ether oxygens (including phenoxy) is 3. The lowest BCUT2D eigenvalue weighted by atomic mass is 10.1. The first-order valence-electron chi connectivity index (χ1n) is 32.2. The van der Waals surface area contributed by atoms with E-state index in [1.807, 2.05) is 0 Å². The molecule has 0 heterocycles. The molecule has 0 saturated carbocycles. The fourth-order valence-electron chi connectivity index (χ4n) is 8.61. The van der Waals surface area contributed by atoms with Gasteiger partial charge in [-0.15, -0.1) is 0 Å². The molecule has 6 nitrogen and oxygen atoms in total. The van der Waals surface area contributed by atoms with Crippen LogP contribution in [0.5, 0.6) is 0 Å². The molecular formula is C72H118O6. The number of rotatable bonds is 57. The SMILES string of the molecule is CC/C=C\C/C=C\C/C=C\C/C=C\C/C=C\C/C=C\CCCCCCCCCCCCC(=O)OCC(COC(=O)CCCC/C=C\C/C=C\C/C=C\C/C=C\CC)OC(=O)CCCCCCC/C=C\CCCCCCCCC. The van der Waals surface area contributed by atoms with Crippen molar-refractivity contribution in [1.29, 1.82) is 0 Å². The van der Waals surface area contributed by atoms with Crippen LogP contribution in [0.25, 0.3) is 0 Å². The Morgan fingerprint density at radius 1 is 0.269 bits per heavy atom. The summed E-state index contributed by atoms with van der Waals surface area (Å²) in [7, 11) is 0. The highest BCUT2D eigenvalue weighted by Crippen LogP contribution is 2.15. The van der Waals surface area contributed by atoms with Gasteiger partial charge in [-0.1, -0.05) is 264 Å². The fourth-order valence-corrected chi connectivity index (χ4v) is 8.61. The van der Waals surface area contributed by atoms with Crippen molar-refractivity contribution in [1.82, 2.24) is 0 Å². The number of allylic oxidation sites excluding steroid dienone is 22. The van der Waals surface area contributed by atoms with Gasteiger partial charge in [-0.05, 0) is 135 Å². The molecule has 0 aliphatic rings. The van der Waals surface area contributed by atoms with Crippen molar-refractivity contribution in [2.75, 3.05) is 13.2 Å². The minimum atomic E-state index is -0.806. The van der Waals surface area contributed by atoms with E-state index in [2.05, 4.69) is 154 Å². The van der Waals surface area contributed by atoms with Crippen LogP contribution in [0.2, 0.25) is 0 Å². The van der Waals surface area contributed by atoms with Crippen LogP contribution in [0.15, 0.2) is 134 Å². The Hall–Kier alpha value is -4.45. The molecule has 0 aromatic heterocycles. The summed E-state index contributed by atoms with van der Waals surface area (Å²) in [4.78, 5) is 38.3. The summed E-state index contributed by atoms with van der Waals surface area (Å²) in [5, 5.41) is 0. The predicted octanol–water partition coefficient (Wildman–Crippen LogP) is 22.2. The molecule has 0 saturated heterocycles. The van der Waals surface area contributed by atoms with E-state index in [0.29, 0.717) is 19.3 Å². The van der Waals surface area contributed by atoms with Crippen LogP contribution in [0.1, 0.15) is 284 Å². The first kappa shape index (κ1) is 73.5. The highest BCUT2D eigenvalue weighted by Gasteiger charge is 2.19. The summed E-state index contributed by atoms with van der Waals surface area (Å²) in [6.07, 6.45) is 91.7. The second-order valence-corrected chi connectivity index (χ2v) is 20.9. The molecule has 0 N–H and O–H groups in total. The topological polar surface area (TPSA) is 78.9 Å². The quantitative estimate of drug-likeness (QED) is 0.0261. The maximum Gasteiger partial charge on any atom is 0.306 e. The maximum atomic E-state index is 12.9. The lowest BCUT2D eigenvalue weighted by Gasteiger charge is -2.18. The molecule has 0 fully saturated rings. The summed E-state index contributed by atoms with van der Waals surface area (Å²) < 4.78 is 16.9. The zero-order chi connectivity index (χ0) is 56.4. The summed E-state index contributed by atoms with van der Waals surface area (Å²) in [5.41, 5.74) is 0. The normalized spacial score (nSPS) is 13.0. The van der Waals surface area contributed by atoms with Gasteiger partial charge < -0.3 is 14.2 Å². The van der Waals surface area contributed by atoms with Crippen molar-refractivity contribution in [3.05, 3.63) is 134 Å². The third-order valence-corrected chi connectivity index (χ3v) is 13.4. The molecule has 0 radical (unpaired) electrons. The third kappa shape index (κ3) is 62.4. The second-order valence-electron chi connectivity index (χ2n) is 20.9. The lowest BCUT2D eigenvalue weighted by molar-refractivity contribution is -0.167. The largest absolute Gasteiger partial charge is 0.462 e. The van der Waals surface area contributed by atoms with Gasteiger partial charge in [0.2, 0.25) is 0 Å². The van der Waals surface area contributed by atoms with Gasteiger partial charge in [0, 0.05) is 19.3 Å². The van der Waals surface area contributed by atoms with Crippen molar-refractivity contribution in [3.8, 4) is 0 Å². The van der Waals surface area contributed by atoms with Gasteiger partial charge in [0.05, 0.1) is 0 Å². The van der Waals surface area contributed by atoms with Crippen molar-refractivity contribution >= 4 is 17.9 Å². The van der Waals surface area contributed by atoms with E-state index in [-0.39, 0.29) is 31.1 Å². The van der Waals surface area contributed by atoms with Crippen LogP contribution in [0.3, 0.4) is 0 Å². The van der Waals surface area contributed by atoms with Crippen molar-refractivity contribution in [2.45, 2.75) is 290 Å². The van der Waals surface area contributed by atoms with Gasteiger partial charge >= 0.3 is 17.9 Å². The van der Waals surface area contributed by atoms with Crippen molar-refractivity contribution in [3.63, 3.8) is 0 Å². The molecular weight excluding hydrogens is 961 g/mol. The Bertz CT molecular complexity index is 1670. The van der Waals surface area contributed by atoms with Gasteiger partial charge in [0.25, 0.3) is 0 Å². The van der Waals surface area contributed by atoms with E-state index in [4.69, 9.17) is 14.2 Å². The Morgan fingerprint density at radius 2 is 0.500 bits per heavy atom. The molecule has 0 aliphatic carbocycles. The van der Waals surface area contributed by atoms with Crippen LogP contribution >= 0.6 is 0 Å². The molecule has 0 aromatic rings. The summed E-state index contributed by atoms with van der Waals surface area (Å²) in [5.74, 6) is -0.953. The predicted molar refractivity (Wildman–Crippen MR) is 339 cm³/mol. The number of hydrogen-bond acceptors (Lipinski definition) is 6. The number of unbranched alkanes of at least 4 members (excludes halogenated alkanes) is 24. The molecule has 1 unspecified atom stereocenters. The first-order valence-corrected chi connectivity index (χ1v) is 32.2. The van der Waals surface area contributed by atoms with Crippen LogP contribution in [0.4, 0.5) is 0 Å². The van der Waals surface area contributed by atoms with Crippen molar-refractivity contribution in [2.24, 2.45) is 0 Å². The van der Waals surface area contributed by atoms with E-state index >= 15 is 0 Å². The molecule has 0 aromatic carbocycles. The molecule has 442 valence electrons. The third-order valence-electron chi connectivity index (χ3n) is 13.4. The van der Waals surface area contributed by atoms with Crippen LogP contribution < -0.4 is 0 Å². The summed E-state index contributed by atoms with van der Waals surface area (Å²) in [6.45, 7) is 6.37.